The van der Waals surface area contributed by atoms with Gasteiger partial charge in [-0.25, -0.2) is 4.39 Å². The number of amides is 1. The number of nitrogens with one attached hydrogen (secondary N) is 1. The van der Waals surface area contributed by atoms with E-state index in [0.29, 0.717) is 5.56 Å². The van der Waals surface area contributed by atoms with Crippen LogP contribution in [-0.2, 0) is 7.05 Å². The van der Waals surface area contributed by atoms with Crippen LogP contribution in [0.3, 0.4) is 0 Å². The molecule has 0 bridgehead atoms. The molecule has 94 valence electrons. The minimum absolute atomic E-state index is 0.128. The fraction of sp³-hybridized carbons (Fsp3) is 0.167. The number of anilines is 2. The average Bonchev–Trinajstić information content (AvgIpc) is 2.66. The number of rotatable bonds is 2. The standard InChI is InChI=1S/C12H13FN4O/c1-7-4-3-5-9(10(7)13)16-12(18)8-6-15-17(2)11(8)14/h3-6H,14H2,1-2H3,(H,16,18). The zero-order chi connectivity index (χ0) is 13.3. The number of aryl methyl sites for hydroxylation is 2. The molecule has 2 rings (SSSR count). The lowest BCUT2D eigenvalue weighted by Gasteiger charge is -2.07. The molecule has 18 heavy (non-hydrogen) atoms. The van der Waals surface area contributed by atoms with Crippen molar-refractivity contribution in [2.24, 2.45) is 7.05 Å². The van der Waals surface area contributed by atoms with Crippen molar-refractivity contribution in [1.29, 1.82) is 0 Å². The lowest BCUT2D eigenvalue weighted by molar-refractivity contribution is 0.102. The van der Waals surface area contributed by atoms with Gasteiger partial charge in [0.25, 0.3) is 5.91 Å². The van der Waals surface area contributed by atoms with Crippen molar-refractivity contribution in [3.8, 4) is 0 Å². The number of aromatic nitrogens is 2. The zero-order valence-corrected chi connectivity index (χ0v) is 10.1. The fourth-order valence-corrected chi connectivity index (χ4v) is 1.56. The van der Waals surface area contributed by atoms with Crippen LogP contribution >= 0.6 is 0 Å². The predicted octanol–water partition coefficient (Wildman–Crippen LogP) is 1.70. The van der Waals surface area contributed by atoms with Crippen LogP contribution in [0, 0.1) is 12.7 Å². The second kappa shape index (κ2) is 4.48. The smallest absolute Gasteiger partial charge is 0.261 e. The van der Waals surface area contributed by atoms with E-state index in [-0.39, 0.29) is 17.1 Å². The highest BCUT2D eigenvalue weighted by molar-refractivity contribution is 6.07. The summed E-state index contributed by atoms with van der Waals surface area (Å²) < 4.78 is 15.1. The maximum atomic E-state index is 13.7. The Morgan fingerprint density at radius 3 is 2.83 bits per heavy atom. The average molecular weight is 248 g/mol. The summed E-state index contributed by atoms with van der Waals surface area (Å²) in [6, 6.07) is 4.79. The zero-order valence-electron chi connectivity index (χ0n) is 10.1. The van der Waals surface area contributed by atoms with E-state index in [1.165, 1.54) is 16.9 Å². The molecule has 0 aliphatic heterocycles. The van der Waals surface area contributed by atoms with Crippen molar-refractivity contribution in [2.75, 3.05) is 11.1 Å². The monoisotopic (exact) mass is 248 g/mol. The normalized spacial score (nSPS) is 10.4. The van der Waals surface area contributed by atoms with Crippen molar-refractivity contribution in [3.63, 3.8) is 0 Å². The molecule has 0 aliphatic rings. The molecule has 0 atom stereocenters. The van der Waals surface area contributed by atoms with Gasteiger partial charge in [0.05, 0.1) is 11.9 Å². The van der Waals surface area contributed by atoms with Gasteiger partial charge in [0.2, 0.25) is 0 Å². The third-order valence-corrected chi connectivity index (χ3v) is 2.67. The van der Waals surface area contributed by atoms with Gasteiger partial charge in [-0.1, -0.05) is 12.1 Å². The first-order chi connectivity index (χ1) is 8.50. The predicted molar refractivity (Wildman–Crippen MR) is 66.7 cm³/mol. The van der Waals surface area contributed by atoms with Crippen LogP contribution in [-0.4, -0.2) is 15.7 Å². The topological polar surface area (TPSA) is 72.9 Å². The summed E-state index contributed by atoms with van der Waals surface area (Å²) in [5.74, 6) is -0.695. The first-order valence-corrected chi connectivity index (χ1v) is 5.34. The van der Waals surface area contributed by atoms with Gasteiger partial charge in [0, 0.05) is 7.05 Å². The molecule has 6 heteroatoms. The van der Waals surface area contributed by atoms with Crippen LogP contribution in [0.1, 0.15) is 15.9 Å². The molecule has 0 aliphatic carbocycles. The minimum atomic E-state index is -0.481. The van der Waals surface area contributed by atoms with Gasteiger partial charge in [0.15, 0.2) is 0 Å². The molecule has 0 fully saturated rings. The van der Waals surface area contributed by atoms with Crippen molar-refractivity contribution >= 4 is 17.4 Å². The number of nitrogen functional groups attached to an aromatic ring is 1. The molecule has 0 unspecified atom stereocenters. The van der Waals surface area contributed by atoms with Gasteiger partial charge in [-0.15, -0.1) is 0 Å². The summed E-state index contributed by atoms with van der Waals surface area (Å²) in [6.07, 6.45) is 1.35. The maximum Gasteiger partial charge on any atom is 0.261 e. The van der Waals surface area contributed by atoms with Gasteiger partial charge in [-0.05, 0) is 18.6 Å². The van der Waals surface area contributed by atoms with E-state index in [0.717, 1.165) is 0 Å². The van der Waals surface area contributed by atoms with Gasteiger partial charge < -0.3 is 11.1 Å². The Bertz CT molecular complexity index is 606. The number of benzene rings is 1. The molecule has 0 radical (unpaired) electrons. The van der Waals surface area contributed by atoms with E-state index in [1.54, 1.807) is 26.1 Å². The van der Waals surface area contributed by atoms with Gasteiger partial charge in [0.1, 0.15) is 17.2 Å². The maximum absolute atomic E-state index is 13.7. The molecule has 0 saturated heterocycles. The fourth-order valence-electron chi connectivity index (χ4n) is 1.56. The van der Waals surface area contributed by atoms with Crippen molar-refractivity contribution in [3.05, 3.63) is 41.3 Å². The second-order valence-electron chi connectivity index (χ2n) is 3.96. The van der Waals surface area contributed by atoms with Crippen molar-refractivity contribution < 1.29 is 9.18 Å². The molecule has 2 aromatic rings. The highest BCUT2D eigenvalue weighted by Crippen LogP contribution is 2.19. The lowest BCUT2D eigenvalue weighted by Crippen LogP contribution is -2.15. The second-order valence-corrected chi connectivity index (χ2v) is 3.96. The van der Waals surface area contributed by atoms with Gasteiger partial charge in [-0.3, -0.25) is 9.48 Å². The summed E-state index contributed by atoms with van der Waals surface area (Å²) in [6.45, 7) is 1.63. The Balaban J connectivity index is 2.27. The van der Waals surface area contributed by atoms with Crippen LogP contribution in [0.4, 0.5) is 15.9 Å². The molecular formula is C12H13FN4O. The SMILES string of the molecule is Cc1cccc(NC(=O)c2cnn(C)c2N)c1F. The van der Waals surface area contributed by atoms with E-state index < -0.39 is 11.7 Å². The van der Waals surface area contributed by atoms with Crippen LogP contribution in [0.25, 0.3) is 0 Å². The number of carbonyl (C=O) groups is 1. The summed E-state index contributed by atoms with van der Waals surface area (Å²) in [7, 11) is 1.62. The Labute approximate surface area is 103 Å². The molecule has 0 saturated carbocycles. The van der Waals surface area contributed by atoms with E-state index >= 15 is 0 Å². The first kappa shape index (κ1) is 12.1. The highest BCUT2D eigenvalue weighted by Gasteiger charge is 2.15. The van der Waals surface area contributed by atoms with Crippen LogP contribution < -0.4 is 11.1 Å². The quantitative estimate of drug-likeness (QED) is 0.849. The van der Waals surface area contributed by atoms with Gasteiger partial charge in [-0.2, -0.15) is 5.10 Å². The Kier molecular flexibility index (Phi) is 3.01. The van der Waals surface area contributed by atoms with E-state index in [2.05, 4.69) is 10.4 Å². The minimum Gasteiger partial charge on any atom is -0.383 e. The van der Waals surface area contributed by atoms with Crippen molar-refractivity contribution in [1.82, 2.24) is 9.78 Å². The van der Waals surface area contributed by atoms with E-state index in [1.807, 2.05) is 0 Å². The number of carbonyl (C=O) groups excluding carboxylic acids is 1. The van der Waals surface area contributed by atoms with Crippen LogP contribution in [0.5, 0.6) is 0 Å². The third kappa shape index (κ3) is 2.04. The number of halogens is 1. The summed E-state index contributed by atoms with van der Waals surface area (Å²) >= 11 is 0. The number of hydrogen-bond donors (Lipinski definition) is 2. The summed E-state index contributed by atoms with van der Waals surface area (Å²) in [5, 5.41) is 6.33. The van der Waals surface area contributed by atoms with E-state index in [4.69, 9.17) is 5.73 Å². The van der Waals surface area contributed by atoms with Crippen LogP contribution in [0.2, 0.25) is 0 Å². The van der Waals surface area contributed by atoms with E-state index in [9.17, 15) is 9.18 Å². The molecule has 5 nitrogen and oxygen atoms in total. The molecule has 1 heterocycles. The Hall–Kier alpha value is -2.37. The highest BCUT2D eigenvalue weighted by atomic mass is 19.1. The van der Waals surface area contributed by atoms with Crippen molar-refractivity contribution in [2.45, 2.75) is 6.92 Å². The molecule has 1 amide bonds. The largest absolute Gasteiger partial charge is 0.383 e. The molecule has 1 aromatic carbocycles. The number of nitrogens with two attached hydrogens (primary N) is 1. The molecule has 1 aromatic heterocycles. The Morgan fingerprint density at radius 2 is 2.22 bits per heavy atom. The lowest BCUT2D eigenvalue weighted by atomic mass is 10.2. The van der Waals surface area contributed by atoms with Crippen LogP contribution in [0.15, 0.2) is 24.4 Å². The number of nitrogens with zero attached hydrogens (tertiary/aromatic N) is 2. The third-order valence-electron chi connectivity index (χ3n) is 2.67. The summed E-state index contributed by atoms with van der Waals surface area (Å²) in [5.41, 5.74) is 6.48. The molecule has 0 spiro atoms. The first-order valence-electron chi connectivity index (χ1n) is 5.34. The summed E-state index contributed by atoms with van der Waals surface area (Å²) in [4.78, 5) is 11.9. The number of hydrogen-bond acceptors (Lipinski definition) is 3. The Morgan fingerprint density at radius 1 is 1.50 bits per heavy atom. The molecule has 3 N–H and O–H groups in total. The molecular weight excluding hydrogens is 235 g/mol. The van der Waals surface area contributed by atoms with Gasteiger partial charge >= 0.3 is 0 Å².